The molecule has 0 N–H and O–H groups in total. The number of nitrogens with zero attached hydrogens (tertiary/aromatic N) is 1. The number of para-hydroxylation sites is 1. The van der Waals surface area contributed by atoms with Crippen LogP contribution in [-0.2, 0) is 14.3 Å². The average Bonchev–Trinajstić information content (AvgIpc) is 2.27. The van der Waals surface area contributed by atoms with E-state index in [1.807, 2.05) is 0 Å². The Morgan fingerprint density at radius 3 is 2.50 bits per heavy atom. The molecule has 0 saturated heterocycles. The van der Waals surface area contributed by atoms with E-state index in [0.29, 0.717) is 5.75 Å². The molecule has 0 aliphatic carbocycles. The minimum absolute atomic E-state index is 0.362. The topological polar surface area (TPSA) is 76.4 Å². The zero-order valence-electron chi connectivity index (χ0n) is 8.38. The summed E-state index contributed by atoms with van der Waals surface area (Å²) in [4.78, 5) is 22.1. The standard InChI is InChI=1S/C11H9NO4/c12-6-7-15-10(13)8-11(14)16-9-4-2-1-3-5-9/h1-5H,7-8H2. The number of esters is 2. The van der Waals surface area contributed by atoms with Gasteiger partial charge in [0, 0.05) is 0 Å². The van der Waals surface area contributed by atoms with Crippen molar-refractivity contribution in [1.29, 1.82) is 5.26 Å². The lowest BCUT2D eigenvalue weighted by atomic mass is 10.3. The number of hydrogen-bond acceptors (Lipinski definition) is 5. The maximum absolute atomic E-state index is 11.2. The van der Waals surface area contributed by atoms with Crippen LogP contribution in [0, 0.1) is 11.3 Å². The van der Waals surface area contributed by atoms with E-state index in [0.717, 1.165) is 0 Å². The van der Waals surface area contributed by atoms with Crippen LogP contribution in [-0.4, -0.2) is 18.5 Å². The highest BCUT2D eigenvalue weighted by Crippen LogP contribution is 2.09. The van der Waals surface area contributed by atoms with Gasteiger partial charge in [0.1, 0.15) is 18.2 Å². The highest BCUT2D eigenvalue weighted by molar-refractivity contribution is 5.92. The lowest BCUT2D eigenvalue weighted by Crippen LogP contribution is -2.16. The summed E-state index contributed by atoms with van der Waals surface area (Å²) in [5, 5.41) is 8.14. The Bertz CT molecular complexity index is 408. The van der Waals surface area contributed by atoms with Crippen LogP contribution >= 0.6 is 0 Å². The molecule has 5 nitrogen and oxygen atoms in total. The number of benzene rings is 1. The van der Waals surface area contributed by atoms with Gasteiger partial charge in [-0.05, 0) is 12.1 Å². The summed E-state index contributed by atoms with van der Waals surface area (Å²) in [5.74, 6) is -1.13. The first-order valence-corrected chi connectivity index (χ1v) is 4.50. The van der Waals surface area contributed by atoms with E-state index in [9.17, 15) is 9.59 Å². The largest absolute Gasteiger partial charge is 0.450 e. The first-order valence-electron chi connectivity index (χ1n) is 4.50. The highest BCUT2D eigenvalue weighted by Gasteiger charge is 2.12. The second kappa shape index (κ2) is 6.19. The summed E-state index contributed by atoms with van der Waals surface area (Å²) in [6.45, 7) is -0.364. The first-order chi connectivity index (χ1) is 7.72. The predicted molar refractivity (Wildman–Crippen MR) is 53.3 cm³/mol. The van der Waals surface area contributed by atoms with Gasteiger partial charge in [-0.25, -0.2) is 0 Å². The predicted octanol–water partition coefficient (Wildman–Crippen LogP) is 1.05. The molecule has 0 radical (unpaired) electrons. The van der Waals surface area contributed by atoms with Crippen LogP contribution in [0.5, 0.6) is 5.75 Å². The van der Waals surface area contributed by atoms with Crippen LogP contribution in [0.4, 0.5) is 0 Å². The van der Waals surface area contributed by atoms with Gasteiger partial charge in [-0.3, -0.25) is 9.59 Å². The number of hydrogen-bond donors (Lipinski definition) is 0. The molecule has 16 heavy (non-hydrogen) atoms. The Hall–Kier alpha value is -2.35. The van der Waals surface area contributed by atoms with Crippen molar-refractivity contribution in [3.63, 3.8) is 0 Å². The fourth-order valence-corrected chi connectivity index (χ4v) is 0.938. The molecular formula is C11H9NO4. The van der Waals surface area contributed by atoms with Gasteiger partial charge in [0.05, 0.1) is 0 Å². The third-order valence-corrected chi connectivity index (χ3v) is 1.56. The lowest BCUT2D eigenvalue weighted by molar-refractivity contribution is -0.149. The van der Waals surface area contributed by atoms with E-state index >= 15 is 0 Å². The van der Waals surface area contributed by atoms with Crippen LogP contribution in [0.25, 0.3) is 0 Å². The zero-order valence-corrected chi connectivity index (χ0v) is 8.38. The van der Waals surface area contributed by atoms with Crippen LogP contribution < -0.4 is 4.74 Å². The summed E-state index contributed by atoms with van der Waals surface area (Å²) in [6.07, 6.45) is -0.503. The smallest absolute Gasteiger partial charge is 0.322 e. The molecule has 0 bridgehead atoms. The molecule has 0 aliphatic heterocycles. The van der Waals surface area contributed by atoms with Crippen LogP contribution in [0.15, 0.2) is 30.3 Å². The molecule has 0 fully saturated rings. The Balaban J connectivity index is 2.37. The first kappa shape index (κ1) is 11.7. The normalized spacial score (nSPS) is 8.94. The van der Waals surface area contributed by atoms with Crippen molar-refractivity contribution >= 4 is 11.9 Å². The second-order valence-corrected chi connectivity index (χ2v) is 2.78. The molecule has 0 aliphatic rings. The molecule has 0 spiro atoms. The van der Waals surface area contributed by atoms with Gasteiger partial charge in [-0.1, -0.05) is 18.2 Å². The van der Waals surface area contributed by atoms with E-state index in [-0.39, 0.29) is 6.61 Å². The summed E-state index contributed by atoms with van der Waals surface area (Å²) in [5.41, 5.74) is 0. The van der Waals surface area contributed by atoms with Crippen molar-refractivity contribution in [2.75, 3.05) is 6.61 Å². The van der Waals surface area contributed by atoms with Crippen molar-refractivity contribution < 1.29 is 19.1 Å². The van der Waals surface area contributed by atoms with E-state index in [2.05, 4.69) is 4.74 Å². The SMILES string of the molecule is N#CCOC(=O)CC(=O)Oc1ccccc1. The molecule has 0 saturated carbocycles. The van der Waals surface area contributed by atoms with Gasteiger partial charge in [0.2, 0.25) is 0 Å². The van der Waals surface area contributed by atoms with Crippen molar-refractivity contribution in [2.24, 2.45) is 0 Å². The molecule has 82 valence electrons. The van der Waals surface area contributed by atoms with Gasteiger partial charge in [-0.15, -0.1) is 0 Å². The number of rotatable bonds is 4. The fourth-order valence-electron chi connectivity index (χ4n) is 0.938. The monoisotopic (exact) mass is 219 g/mol. The van der Waals surface area contributed by atoms with E-state index in [1.165, 1.54) is 0 Å². The minimum Gasteiger partial charge on any atom is -0.450 e. The third-order valence-electron chi connectivity index (χ3n) is 1.56. The van der Waals surface area contributed by atoms with Gasteiger partial charge in [0.25, 0.3) is 0 Å². The molecular weight excluding hydrogens is 210 g/mol. The van der Waals surface area contributed by atoms with Crippen molar-refractivity contribution in [3.05, 3.63) is 30.3 Å². The Morgan fingerprint density at radius 1 is 1.19 bits per heavy atom. The summed E-state index contributed by atoms with van der Waals surface area (Å²) in [7, 11) is 0. The van der Waals surface area contributed by atoms with Crippen LogP contribution in [0.1, 0.15) is 6.42 Å². The molecule has 0 amide bonds. The Kier molecular flexibility index (Phi) is 4.54. The molecule has 1 aromatic rings. The Labute approximate surface area is 92.2 Å². The van der Waals surface area contributed by atoms with E-state index in [1.54, 1.807) is 36.4 Å². The highest BCUT2D eigenvalue weighted by atomic mass is 16.6. The van der Waals surface area contributed by atoms with E-state index in [4.69, 9.17) is 10.00 Å². The molecule has 1 rings (SSSR count). The second-order valence-electron chi connectivity index (χ2n) is 2.78. The number of carbonyl (C=O) groups excluding carboxylic acids is 2. The quantitative estimate of drug-likeness (QED) is 0.429. The molecule has 1 aromatic carbocycles. The number of nitriles is 1. The molecule has 5 heteroatoms. The van der Waals surface area contributed by atoms with Crippen molar-refractivity contribution in [3.8, 4) is 11.8 Å². The minimum atomic E-state index is -0.775. The van der Waals surface area contributed by atoms with Crippen LogP contribution in [0.2, 0.25) is 0 Å². The maximum Gasteiger partial charge on any atom is 0.322 e. The molecule has 0 unspecified atom stereocenters. The van der Waals surface area contributed by atoms with Gasteiger partial charge >= 0.3 is 11.9 Å². The molecule has 0 aromatic heterocycles. The summed E-state index contributed by atoms with van der Waals surface area (Å²) >= 11 is 0. The van der Waals surface area contributed by atoms with Crippen molar-refractivity contribution in [2.45, 2.75) is 6.42 Å². The number of ether oxygens (including phenoxy) is 2. The van der Waals surface area contributed by atoms with Gasteiger partial charge in [-0.2, -0.15) is 5.26 Å². The Morgan fingerprint density at radius 2 is 1.88 bits per heavy atom. The lowest BCUT2D eigenvalue weighted by Gasteiger charge is -2.02. The number of carbonyl (C=O) groups is 2. The average molecular weight is 219 g/mol. The van der Waals surface area contributed by atoms with Gasteiger partial charge in [0.15, 0.2) is 6.61 Å². The fraction of sp³-hybridized carbons (Fsp3) is 0.182. The van der Waals surface area contributed by atoms with Crippen molar-refractivity contribution in [1.82, 2.24) is 0 Å². The van der Waals surface area contributed by atoms with Gasteiger partial charge < -0.3 is 9.47 Å². The zero-order chi connectivity index (χ0) is 11.8. The molecule has 0 atom stereocenters. The third kappa shape index (κ3) is 4.24. The van der Waals surface area contributed by atoms with Crippen LogP contribution in [0.3, 0.4) is 0 Å². The molecule has 0 heterocycles. The van der Waals surface area contributed by atoms with E-state index < -0.39 is 18.4 Å². The summed E-state index contributed by atoms with van der Waals surface area (Å²) < 4.78 is 9.24. The maximum atomic E-state index is 11.2. The summed E-state index contributed by atoms with van der Waals surface area (Å²) in [6, 6.07) is 10.0.